The summed E-state index contributed by atoms with van der Waals surface area (Å²) in [5.41, 5.74) is -0.425. The van der Waals surface area contributed by atoms with E-state index in [4.69, 9.17) is 4.74 Å². The summed E-state index contributed by atoms with van der Waals surface area (Å²) in [6, 6.07) is 13.1. The Morgan fingerprint density at radius 3 is 2.50 bits per heavy atom. The van der Waals surface area contributed by atoms with Gasteiger partial charge in [0.1, 0.15) is 5.52 Å². The van der Waals surface area contributed by atoms with Crippen molar-refractivity contribution in [2.75, 3.05) is 0 Å². The molecule has 0 atom stereocenters. The van der Waals surface area contributed by atoms with E-state index in [2.05, 4.69) is 4.98 Å². The number of ether oxygens (including phenoxy) is 1. The molecule has 0 spiro atoms. The summed E-state index contributed by atoms with van der Waals surface area (Å²) in [5, 5.41) is 0.731. The van der Waals surface area contributed by atoms with E-state index < -0.39 is 23.3 Å². The first-order valence-electron chi connectivity index (χ1n) is 7.11. The van der Waals surface area contributed by atoms with Gasteiger partial charge in [0.15, 0.2) is 5.75 Å². The van der Waals surface area contributed by atoms with E-state index in [9.17, 15) is 18.0 Å². The lowest BCUT2D eigenvalue weighted by atomic mass is 10.1. The molecule has 3 nitrogen and oxygen atoms in total. The molecule has 1 aromatic heterocycles. The maximum atomic E-state index is 13.0. The van der Waals surface area contributed by atoms with Crippen molar-refractivity contribution in [1.82, 2.24) is 4.98 Å². The van der Waals surface area contributed by atoms with Crippen LogP contribution >= 0.6 is 0 Å². The van der Waals surface area contributed by atoms with Crippen LogP contribution in [0.1, 0.15) is 21.6 Å². The first-order chi connectivity index (χ1) is 11.4. The van der Waals surface area contributed by atoms with Gasteiger partial charge in [-0.1, -0.05) is 30.3 Å². The third-order valence-corrected chi connectivity index (χ3v) is 3.48. The summed E-state index contributed by atoms with van der Waals surface area (Å²) < 4.78 is 44.3. The Bertz CT molecular complexity index is 920. The van der Waals surface area contributed by atoms with E-state index in [1.807, 2.05) is 0 Å². The zero-order chi connectivity index (χ0) is 17.3. The molecular weight excluding hydrogens is 319 g/mol. The fourth-order valence-electron chi connectivity index (χ4n) is 2.36. The van der Waals surface area contributed by atoms with Crippen molar-refractivity contribution >= 4 is 16.9 Å². The minimum absolute atomic E-state index is 0.123. The van der Waals surface area contributed by atoms with Gasteiger partial charge in [0.25, 0.3) is 0 Å². The molecule has 0 aliphatic rings. The van der Waals surface area contributed by atoms with Gasteiger partial charge < -0.3 is 4.74 Å². The van der Waals surface area contributed by atoms with Gasteiger partial charge in [0, 0.05) is 11.1 Å². The first kappa shape index (κ1) is 16.0. The normalized spacial score (nSPS) is 11.5. The Hall–Kier alpha value is -2.89. The predicted molar refractivity (Wildman–Crippen MR) is 82.9 cm³/mol. The highest BCUT2D eigenvalue weighted by molar-refractivity contribution is 5.95. The molecule has 6 heteroatoms. The number of halogens is 3. The molecular formula is C18H12F3NO2. The Kier molecular flexibility index (Phi) is 3.97. The number of aromatic nitrogens is 1. The molecule has 0 radical (unpaired) electrons. The lowest BCUT2D eigenvalue weighted by Crippen LogP contribution is -2.17. The van der Waals surface area contributed by atoms with Gasteiger partial charge in [-0.05, 0) is 31.2 Å². The molecule has 0 aliphatic heterocycles. The highest BCUT2D eigenvalue weighted by atomic mass is 19.4. The molecule has 1 heterocycles. The molecule has 0 saturated carbocycles. The van der Waals surface area contributed by atoms with Crippen molar-refractivity contribution in [2.45, 2.75) is 13.1 Å². The highest BCUT2D eigenvalue weighted by Gasteiger charge is 2.35. The molecule has 3 aromatic rings. The van der Waals surface area contributed by atoms with Crippen LogP contribution in [0.15, 0.2) is 54.6 Å². The standard InChI is InChI=1S/C18H12F3NO2/c1-11-9-10-12-5-4-8-15(16(12)22-11)24-17(23)13-6-2-3-7-14(13)18(19,20)21/h2-10H,1H3. The second-order valence-electron chi connectivity index (χ2n) is 5.21. The van der Waals surface area contributed by atoms with E-state index in [0.717, 1.165) is 17.5 Å². The van der Waals surface area contributed by atoms with Crippen LogP contribution in [0.3, 0.4) is 0 Å². The summed E-state index contributed by atoms with van der Waals surface area (Å²) >= 11 is 0. The largest absolute Gasteiger partial charge is 0.421 e. The van der Waals surface area contributed by atoms with Crippen molar-refractivity contribution in [3.8, 4) is 5.75 Å². The summed E-state index contributed by atoms with van der Waals surface area (Å²) in [7, 11) is 0. The van der Waals surface area contributed by atoms with Crippen LogP contribution in [0.4, 0.5) is 13.2 Å². The summed E-state index contributed by atoms with van der Waals surface area (Å²) in [4.78, 5) is 16.6. The number of rotatable bonds is 2. The fraction of sp³-hybridized carbons (Fsp3) is 0.111. The quantitative estimate of drug-likeness (QED) is 0.501. The van der Waals surface area contributed by atoms with E-state index in [0.29, 0.717) is 11.2 Å². The van der Waals surface area contributed by atoms with Gasteiger partial charge >= 0.3 is 12.1 Å². The molecule has 0 unspecified atom stereocenters. The first-order valence-corrected chi connectivity index (χ1v) is 7.11. The molecule has 0 bridgehead atoms. The minimum Gasteiger partial charge on any atom is -0.421 e. The van der Waals surface area contributed by atoms with Crippen LogP contribution in [0.2, 0.25) is 0 Å². The van der Waals surface area contributed by atoms with E-state index in [-0.39, 0.29) is 5.75 Å². The lowest BCUT2D eigenvalue weighted by molar-refractivity contribution is -0.138. The van der Waals surface area contributed by atoms with E-state index in [1.165, 1.54) is 18.2 Å². The zero-order valence-corrected chi connectivity index (χ0v) is 12.6. The van der Waals surface area contributed by atoms with Crippen molar-refractivity contribution in [3.05, 3.63) is 71.4 Å². The third-order valence-electron chi connectivity index (χ3n) is 3.48. The third kappa shape index (κ3) is 3.08. The van der Waals surface area contributed by atoms with Gasteiger partial charge in [-0.3, -0.25) is 0 Å². The number of esters is 1. The topological polar surface area (TPSA) is 39.2 Å². The second kappa shape index (κ2) is 5.96. The molecule has 24 heavy (non-hydrogen) atoms. The van der Waals surface area contributed by atoms with Crippen molar-refractivity contribution < 1.29 is 22.7 Å². The van der Waals surface area contributed by atoms with Crippen LogP contribution in [-0.2, 0) is 6.18 Å². The molecule has 0 fully saturated rings. The maximum Gasteiger partial charge on any atom is 0.417 e. The molecule has 0 amide bonds. The smallest absolute Gasteiger partial charge is 0.417 e. The number of alkyl halides is 3. The Labute approximate surface area is 135 Å². The van der Waals surface area contributed by atoms with Gasteiger partial charge in [-0.15, -0.1) is 0 Å². The van der Waals surface area contributed by atoms with Crippen LogP contribution in [0.5, 0.6) is 5.75 Å². The number of fused-ring (bicyclic) bond motifs is 1. The van der Waals surface area contributed by atoms with Crippen LogP contribution in [-0.4, -0.2) is 11.0 Å². The van der Waals surface area contributed by atoms with Crippen molar-refractivity contribution in [1.29, 1.82) is 0 Å². The molecule has 0 saturated heterocycles. The number of pyridine rings is 1. The molecule has 0 aliphatic carbocycles. The van der Waals surface area contributed by atoms with Gasteiger partial charge in [0.2, 0.25) is 0 Å². The number of para-hydroxylation sites is 1. The average Bonchev–Trinajstić information content (AvgIpc) is 2.54. The Morgan fingerprint density at radius 2 is 1.75 bits per heavy atom. The van der Waals surface area contributed by atoms with E-state index >= 15 is 0 Å². The molecule has 0 N–H and O–H groups in total. The number of benzene rings is 2. The summed E-state index contributed by atoms with van der Waals surface area (Å²) in [5.74, 6) is -0.947. The average molecular weight is 331 g/mol. The molecule has 2 aromatic carbocycles. The van der Waals surface area contributed by atoms with E-state index in [1.54, 1.807) is 31.2 Å². The predicted octanol–water partition coefficient (Wildman–Crippen LogP) is 4.78. The minimum atomic E-state index is -4.64. The maximum absolute atomic E-state index is 13.0. The van der Waals surface area contributed by atoms with Crippen LogP contribution < -0.4 is 4.74 Å². The monoisotopic (exact) mass is 331 g/mol. The molecule has 122 valence electrons. The number of carbonyl (C=O) groups excluding carboxylic acids is 1. The van der Waals surface area contributed by atoms with Gasteiger partial charge in [-0.2, -0.15) is 13.2 Å². The lowest BCUT2D eigenvalue weighted by Gasteiger charge is -2.12. The number of nitrogens with zero attached hydrogens (tertiary/aromatic N) is 1. The Morgan fingerprint density at radius 1 is 1.00 bits per heavy atom. The number of aryl methyl sites for hydroxylation is 1. The number of hydrogen-bond donors (Lipinski definition) is 0. The van der Waals surface area contributed by atoms with Crippen LogP contribution in [0, 0.1) is 6.92 Å². The summed E-state index contributed by atoms with van der Waals surface area (Å²) in [6.45, 7) is 1.77. The second-order valence-corrected chi connectivity index (χ2v) is 5.21. The van der Waals surface area contributed by atoms with Crippen molar-refractivity contribution in [3.63, 3.8) is 0 Å². The number of carbonyl (C=O) groups is 1. The van der Waals surface area contributed by atoms with Gasteiger partial charge in [0.05, 0.1) is 11.1 Å². The summed E-state index contributed by atoms with van der Waals surface area (Å²) in [6.07, 6.45) is -4.64. The fourth-order valence-corrected chi connectivity index (χ4v) is 2.36. The van der Waals surface area contributed by atoms with Crippen LogP contribution in [0.25, 0.3) is 10.9 Å². The zero-order valence-electron chi connectivity index (χ0n) is 12.6. The highest BCUT2D eigenvalue weighted by Crippen LogP contribution is 2.33. The molecule has 3 rings (SSSR count). The SMILES string of the molecule is Cc1ccc2cccc(OC(=O)c3ccccc3C(F)(F)F)c2n1. The Balaban J connectivity index is 2.02. The number of hydrogen-bond acceptors (Lipinski definition) is 3. The van der Waals surface area contributed by atoms with Gasteiger partial charge in [-0.25, -0.2) is 9.78 Å². The van der Waals surface area contributed by atoms with Crippen molar-refractivity contribution in [2.24, 2.45) is 0 Å².